The molecule has 0 radical (unpaired) electrons. The number of ether oxygens (including phenoxy) is 1. The average molecular weight is 342 g/mol. The maximum Gasteiger partial charge on any atom is 0.261 e. The fourth-order valence-corrected chi connectivity index (χ4v) is 3.54. The predicted molar refractivity (Wildman–Crippen MR) is 90.5 cm³/mol. The summed E-state index contributed by atoms with van der Waals surface area (Å²) < 4.78 is 11.4. The molecule has 0 amide bonds. The molecule has 0 saturated heterocycles. The molecular formula is C17H18N4O2S. The molecule has 6 nitrogen and oxygen atoms in total. The normalized spacial score (nSPS) is 16.4. The van der Waals surface area contributed by atoms with E-state index in [1.54, 1.807) is 16.8 Å². The Morgan fingerprint density at radius 1 is 1.25 bits per heavy atom. The van der Waals surface area contributed by atoms with Crippen LogP contribution in [0.4, 0.5) is 0 Å². The largest absolute Gasteiger partial charge is 0.486 e. The van der Waals surface area contributed by atoms with Crippen LogP contribution in [0.3, 0.4) is 0 Å². The van der Waals surface area contributed by atoms with Gasteiger partial charge < -0.3 is 15.0 Å². The number of rotatable bonds is 5. The lowest BCUT2D eigenvalue weighted by Crippen LogP contribution is -2.34. The van der Waals surface area contributed by atoms with E-state index in [4.69, 9.17) is 15.0 Å². The second-order valence-electron chi connectivity index (χ2n) is 6.05. The van der Waals surface area contributed by atoms with Gasteiger partial charge in [0.05, 0.1) is 22.3 Å². The van der Waals surface area contributed by atoms with Gasteiger partial charge in [0.2, 0.25) is 0 Å². The van der Waals surface area contributed by atoms with Crippen molar-refractivity contribution >= 4 is 11.3 Å². The molecule has 7 heteroatoms. The van der Waals surface area contributed by atoms with E-state index in [0.717, 1.165) is 36.9 Å². The van der Waals surface area contributed by atoms with Crippen molar-refractivity contribution in [1.82, 2.24) is 15.1 Å². The van der Waals surface area contributed by atoms with Gasteiger partial charge in [-0.1, -0.05) is 30.1 Å². The van der Waals surface area contributed by atoms with Crippen molar-refractivity contribution in [1.29, 1.82) is 0 Å². The third-order valence-corrected chi connectivity index (χ3v) is 4.98. The average Bonchev–Trinajstić information content (AvgIpc) is 3.35. The Hall–Kier alpha value is -2.25. The van der Waals surface area contributed by atoms with Gasteiger partial charge in [0, 0.05) is 5.38 Å². The van der Waals surface area contributed by atoms with E-state index >= 15 is 0 Å². The number of thiazole rings is 1. The summed E-state index contributed by atoms with van der Waals surface area (Å²) in [5.74, 6) is 1.72. The monoisotopic (exact) mass is 342 g/mol. The van der Waals surface area contributed by atoms with Crippen LogP contribution >= 0.6 is 11.3 Å². The minimum absolute atomic E-state index is 0.405. The second-order valence-corrected chi connectivity index (χ2v) is 6.77. The summed E-state index contributed by atoms with van der Waals surface area (Å²) in [4.78, 5) is 8.77. The van der Waals surface area contributed by atoms with Gasteiger partial charge >= 0.3 is 0 Å². The highest BCUT2D eigenvalue weighted by atomic mass is 32.1. The van der Waals surface area contributed by atoms with Crippen LogP contribution in [0.15, 0.2) is 39.7 Å². The van der Waals surface area contributed by atoms with E-state index in [1.807, 2.05) is 29.6 Å². The number of aromatic nitrogens is 3. The summed E-state index contributed by atoms with van der Waals surface area (Å²) in [5.41, 5.74) is 9.41. The summed E-state index contributed by atoms with van der Waals surface area (Å²) in [6.07, 6.45) is 4.00. The van der Waals surface area contributed by atoms with Crippen molar-refractivity contribution in [3.63, 3.8) is 0 Å². The lowest BCUT2D eigenvalue weighted by molar-refractivity contribution is 0.301. The smallest absolute Gasteiger partial charge is 0.261 e. The van der Waals surface area contributed by atoms with Crippen molar-refractivity contribution in [2.24, 2.45) is 5.73 Å². The van der Waals surface area contributed by atoms with Crippen molar-refractivity contribution in [2.75, 3.05) is 0 Å². The molecule has 24 heavy (non-hydrogen) atoms. The first kappa shape index (κ1) is 15.3. The predicted octanol–water partition coefficient (Wildman–Crippen LogP) is 3.50. The summed E-state index contributed by atoms with van der Waals surface area (Å²) in [7, 11) is 0. The Bertz CT molecular complexity index is 810. The standard InChI is InChI=1S/C17H18N4O2S/c18-17(7-3-4-8-17)16-20-15(23-21-16)13-5-1-2-6-14(13)22-9-12-10-24-11-19-12/h1-2,5-6,10-11H,3-4,7-9,18H2. The van der Waals surface area contributed by atoms with Gasteiger partial charge in [0.25, 0.3) is 5.89 Å². The first-order chi connectivity index (χ1) is 11.7. The number of hydrogen-bond acceptors (Lipinski definition) is 7. The SMILES string of the molecule is NC1(c2noc(-c3ccccc3OCc3cscn3)n2)CCCC1. The Labute approximate surface area is 143 Å². The molecule has 1 aliphatic rings. The molecule has 0 bridgehead atoms. The Morgan fingerprint density at radius 2 is 2.08 bits per heavy atom. The van der Waals surface area contributed by atoms with E-state index in [-0.39, 0.29) is 0 Å². The zero-order chi connectivity index (χ0) is 16.4. The minimum atomic E-state index is -0.460. The molecule has 1 aliphatic carbocycles. The third-order valence-electron chi connectivity index (χ3n) is 4.34. The number of nitrogens with zero attached hydrogens (tertiary/aromatic N) is 3. The number of hydrogen-bond donors (Lipinski definition) is 1. The molecule has 0 spiro atoms. The van der Waals surface area contributed by atoms with Crippen LogP contribution in [-0.2, 0) is 12.1 Å². The maximum absolute atomic E-state index is 6.41. The van der Waals surface area contributed by atoms with Gasteiger partial charge in [-0.05, 0) is 25.0 Å². The van der Waals surface area contributed by atoms with Gasteiger partial charge in [-0.15, -0.1) is 11.3 Å². The molecule has 0 unspecified atom stereocenters. The first-order valence-corrected chi connectivity index (χ1v) is 8.91. The molecule has 1 fully saturated rings. The molecule has 1 saturated carbocycles. The summed E-state index contributed by atoms with van der Waals surface area (Å²) >= 11 is 1.55. The van der Waals surface area contributed by atoms with E-state index < -0.39 is 5.54 Å². The summed E-state index contributed by atoms with van der Waals surface area (Å²) in [6, 6.07) is 7.63. The summed E-state index contributed by atoms with van der Waals surface area (Å²) in [5, 5.41) is 6.08. The number of benzene rings is 1. The molecule has 124 valence electrons. The zero-order valence-electron chi connectivity index (χ0n) is 13.1. The molecule has 0 atom stereocenters. The van der Waals surface area contributed by atoms with E-state index in [9.17, 15) is 0 Å². The molecule has 0 aliphatic heterocycles. The molecule has 2 heterocycles. The van der Waals surface area contributed by atoms with E-state index in [2.05, 4.69) is 15.1 Å². The third kappa shape index (κ3) is 2.92. The highest BCUT2D eigenvalue weighted by Crippen LogP contribution is 2.36. The van der Waals surface area contributed by atoms with Crippen molar-refractivity contribution in [2.45, 2.75) is 37.8 Å². The number of para-hydroxylation sites is 1. The van der Waals surface area contributed by atoms with Gasteiger partial charge in [-0.2, -0.15) is 4.98 Å². The zero-order valence-corrected chi connectivity index (χ0v) is 14.0. The Morgan fingerprint density at radius 3 is 2.88 bits per heavy atom. The molecule has 1 aromatic carbocycles. The lowest BCUT2D eigenvalue weighted by atomic mass is 9.99. The molecule has 2 N–H and O–H groups in total. The Balaban J connectivity index is 1.59. The topological polar surface area (TPSA) is 87.1 Å². The minimum Gasteiger partial charge on any atom is -0.486 e. The quantitative estimate of drug-likeness (QED) is 0.763. The van der Waals surface area contributed by atoms with Gasteiger partial charge in [-0.25, -0.2) is 4.98 Å². The summed E-state index contributed by atoms with van der Waals surface area (Å²) in [6.45, 7) is 0.405. The van der Waals surface area contributed by atoms with Crippen LogP contribution in [0.25, 0.3) is 11.5 Å². The van der Waals surface area contributed by atoms with Crippen molar-refractivity contribution < 1.29 is 9.26 Å². The fourth-order valence-electron chi connectivity index (χ4n) is 2.99. The van der Waals surface area contributed by atoms with Crippen LogP contribution in [0, 0.1) is 0 Å². The van der Waals surface area contributed by atoms with Crippen LogP contribution in [0.5, 0.6) is 5.75 Å². The van der Waals surface area contributed by atoms with E-state index in [1.165, 1.54) is 0 Å². The van der Waals surface area contributed by atoms with Crippen molar-refractivity contribution in [3.8, 4) is 17.2 Å². The first-order valence-electron chi connectivity index (χ1n) is 7.97. The maximum atomic E-state index is 6.41. The van der Waals surface area contributed by atoms with Gasteiger partial charge in [0.15, 0.2) is 5.82 Å². The van der Waals surface area contributed by atoms with Crippen LogP contribution in [-0.4, -0.2) is 15.1 Å². The fraction of sp³-hybridized carbons (Fsp3) is 0.353. The van der Waals surface area contributed by atoms with Crippen molar-refractivity contribution in [3.05, 3.63) is 46.7 Å². The van der Waals surface area contributed by atoms with Crippen LogP contribution < -0.4 is 10.5 Å². The van der Waals surface area contributed by atoms with E-state index in [0.29, 0.717) is 24.1 Å². The highest BCUT2D eigenvalue weighted by molar-refractivity contribution is 7.07. The molecule has 3 aromatic rings. The molecule has 2 aromatic heterocycles. The second kappa shape index (κ2) is 6.33. The number of nitrogens with two attached hydrogens (primary N) is 1. The molecule has 4 rings (SSSR count). The van der Waals surface area contributed by atoms with Crippen LogP contribution in [0.2, 0.25) is 0 Å². The highest BCUT2D eigenvalue weighted by Gasteiger charge is 2.36. The van der Waals surface area contributed by atoms with Crippen LogP contribution in [0.1, 0.15) is 37.2 Å². The van der Waals surface area contributed by atoms with Gasteiger partial charge in [0.1, 0.15) is 12.4 Å². The lowest BCUT2D eigenvalue weighted by Gasteiger charge is -2.17. The van der Waals surface area contributed by atoms with Gasteiger partial charge in [-0.3, -0.25) is 0 Å². The molecular weight excluding hydrogens is 324 g/mol. The Kier molecular flexibility index (Phi) is 4.03.